The third-order valence-corrected chi connectivity index (χ3v) is 2.78. The fourth-order valence-electron chi connectivity index (χ4n) is 1.59. The summed E-state index contributed by atoms with van der Waals surface area (Å²) in [6, 6.07) is 0. The van der Waals surface area contributed by atoms with E-state index in [9.17, 15) is 0 Å². The molecule has 0 amide bonds. The van der Waals surface area contributed by atoms with Gasteiger partial charge in [0.15, 0.2) is 4.77 Å². The molecule has 2 aromatic heterocycles. The Morgan fingerprint density at radius 1 is 1.35 bits per heavy atom. The van der Waals surface area contributed by atoms with Crippen molar-refractivity contribution in [3.63, 3.8) is 0 Å². The summed E-state index contributed by atoms with van der Waals surface area (Å²) in [4.78, 5) is 8.55. The lowest BCUT2D eigenvalue weighted by atomic mass is 10.3. The van der Waals surface area contributed by atoms with Gasteiger partial charge < -0.3 is 0 Å². The second-order valence-electron chi connectivity index (χ2n) is 3.93. The minimum absolute atomic E-state index is 0.623. The minimum atomic E-state index is 0.623. The second kappa shape index (κ2) is 5.18. The monoisotopic (exact) mass is 249 g/mol. The van der Waals surface area contributed by atoms with Gasteiger partial charge >= 0.3 is 0 Å². The standard InChI is InChI=1S/C11H15N5S/c1-3-4-10-14-15-11(17)16(10)7-9-6-12-8(2)5-13-9/h5-6H,3-4,7H2,1-2H3,(H,15,17). The Morgan fingerprint density at radius 3 is 2.82 bits per heavy atom. The van der Waals surface area contributed by atoms with Gasteiger partial charge in [-0.05, 0) is 25.6 Å². The summed E-state index contributed by atoms with van der Waals surface area (Å²) in [7, 11) is 0. The van der Waals surface area contributed by atoms with E-state index in [-0.39, 0.29) is 0 Å². The molecule has 2 aromatic rings. The Balaban J connectivity index is 2.26. The van der Waals surface area contributed by atoms with Gasteiger partial charge in [0.1, 0.15) is 5.82 Å². The molecule has 0 bridgehead atoms. The van der Waals surface area contributed by atoms with Crippen LogP contribution in [0.1, 0.15) is 30.6 Å². The van der Waals surface area contributed by atoms with E-state index < -0.39 is 0 Å². The Kier molecular flexibility index (Phi) is 3.63. The molecule has 17 heavy (non-hydrogen) atoms. The van der Waals surface area contributed by atoms with Gasteiger partial charge in [0, 0.05) is 12.6 Å². The maximum absolute atomic E-state index is 5.21. The van der Waals surface area contributed by atoms with Crippen LogP contribution in [0.4, 0.5) is 0 Å². The predicted octanol–water partition coefficient (Wildman–Crippen LogP) is 2.04. The molecule has 0 aliphatic rings. The number of aromatic amines is 1. The highest BCUT2D eigenvalue weighted by atomic mass is 32.1. The number of nitrogens with one attached hydrogen (secondary N) is 1. The molecular weight excluding hydrogens is 234 g/mol. The first-order chi connectivity index (χ1) is 8.20. The van der Waals surface area contributed by atoms with Crippen LogP contribution < -0.4 is 0 Å². The average molecular weight is 249 g/mol. The van der Waals surface area contributed by atoms with Crippen LogP contribution in [0.25, 0.3) is 0 Å². The molecule has 0 fully saturated rings. The van der Waals surface area contributed by atoms with Crippen LogP contribution in [0.3, 0.4) is 0 Å². The van der Waals surface area contributed by atoms with Crippen molar-refractivity contribution >= 4 is 12.2 Å². The molecule has 0 radical (unpaired) electrons. The predicted molar refractivity (Wildman–Crippen MR) is 67.3 cm³/mol. The van der Waals surface area contributed by atoms with Gasteiger partial charge in [0.25, 0.3) is 0 Å². The molecular formula is C11H15N5S. The average Bonchev–Trinajstić information content (AvgIpc) is 2.65. The lowest BCUT2D eigenvalue weighted by Gasteiger charge is -2.05. The van der Waals surface area contributed by atoms with Gasteiger partial charge in [0.2, 0.25) is 0 Å². The molecule has 2 heterocycles. The third-order valence-electron chi connectivity index (χ3n) is 2.47. The van der Waals surface area contributed by atoms with Gasteiger partial charge in [-0.1, -0.05) is 6.92 Å². The summed E-state index contributed by atoms with van der Waals surface area (Å²) >= 11 is 5.21. The van der Waals surface area contributed by atoms with Crippen molar-refractivity contribution in [3.8, 4) is 0 Å². The normalized spacial score (nSPS) is 10.7. The molecule has 2 rings (SSSR count). The summed E-state index contributed by atoms with van der Waals surface area (Å²) in [6.07, 6.45) is 5.49. The van der Waals surface area contributed by atoms with Gasteiger partial charge in [-0.2, -0.15) is 5.10 Å². The van der Waals surface area contributed by atoms with Crippen LogP contribution in [-0.4, -0.2) is 24.7 Å². The fourth-order valence-corrected chi connectivity index (χ4v) is 1.81. The van der Waals surface area contributed by atoms with Crippen LogP contribution in [-0.2, 0) is 13.0 Å². The minimum Gasteiger partial charge on any atom is -0.298 e. The smallest absolute Gasteiger partial charge is 0.195 e. The first kappa shape index (κ1) is 11.9. The zero-order valence-electron chi connectivity index (χ0n) is 9.97. The van der Waals surface area contributed by atoms with Gasteiger partial charge in [-0.25, -0.2) is 0 Å². The molecule has 1 N–H and O–H groups in total. The molecule has 0 saturated carbocycles. The van der Waals surface area contributed by atoms with Gasteiger partial charge in [-0.3, -0.25) is 19.6 Å². The van der Waals surface area contributed by atoms with E-state index >= 15 is 0 Å². The highest BCUT2D eigenvalue weighted by molar-refractivity contribution is 7.71. The summed E-state index contributed by atoms with van der Waals surface area (Å²) in [5.74, 6) is 0.972. The van der Waals surface area contributed by atoms with Crippen molar-refractivity contribution in [2.45, 2.75) is 33.2 Å². The number of hydrogen-bond acceptors (Lipinski definition) is 4. The molecule has 0 aliphatic carbocycles. The lowest BCUT2D eigenvalue weighted by molar-refractivity contribution is 0.684. The summed E-state index contributed by atoms with van der Waals surface area (Å²) in [5.41, 5.74) is 1.81. The zero-order valence-corrected chi connectivity index (χ0v) is 10.8. The van der Waals surface area contributed by atoms with E-state index in [4.69, 9.17) is 12.2 Å². The van der Waals surface area contributed by atoms with Crippen LogP contribution in [0.5, 0.6) is 0 Å². The quantitative estimate of drug-likeness (QED) is 0.842. The molecule has 5 nitrogen and oxygen atoms in total. The van der Waals surface area contributed by atoms with Crippen molar-refractivity contribution in [1.82, 2.24) is 24.7 Å². The highest BCUT2D eigenvalue weighted by Crippen LogP contribution is 2.05. The van der Waals surface area contributed by atoms with Crippen LogP contribution in [0, 0.1) is 11.7 Å². The van der Waals surface area contributed by atoms with E-state index in [2.05, 4.69) is 27.1 Å². The van der Waals surface area contributed by atoms with E-state index in [1.165, 1.54) is 0 Å². The van der Waals surface area contributed by atoms with Crippen molar-refractivity contribution in [2.24, 2.45) is 0 Å². The van der Waals surface area contributed by atoms with Crippen LogP contribution in [0.15, 0.2) is 12.4 Å². The van der Waals surface area contributed by atoms with E-state index in [0.29, 0.717) is 11.3 Å². The molecule has 6 heteroatoms. The Bertz CT molecular complexity index is 540. The molecule has 90 valence electrons. The molecule has 0 unspecified atom stereocenters. The summed E-state index contributed by atoms with van der Waals surface area (Å²) in [5, 5.41) is 7.04. The second-order valence-corrected chi connectivity index (χ2v) is 4.32. The Morgan fingerprint density at radius 2 is 2.18 bits per heavy atom. The Hall–Kier alpha value is -1.56. The van der Waals surface area contributed by atoms with E-state index in [1.54, 1.807) is 12.4 Å². The first-order valence-corrected chi connectivity index (χ1v) is 6.03. The molecule has 0 saturated heterocycles. The Labute approximate surface area is 105 Å². The fraction of sp³-hybridized carbons (Fsp3) is 0.455. The number of hydrogen-bond donors (Lipinski definition) is 1. The van der Waals surface area contributed by atoms with E-state index in [1.807, 2.05) is 11.5 Å². The molecule has 0 atom stereocenters. The van der Waals surface area contributed by atoms with Crippen molar-refractivity contribution in [1.29, 1.82) is 0 Å². The number of rotatable bonds is 4. The summed E-state index contributed by atoms with van der Waals surface area (Å²) < 4.78 is 2.61. The number of aryl methyl sites for hydroxylation is 2. The van der Waals surface area contributed by atoms with Crippen molar-refractivity contribution < 1.29 is 0 Å². The molecule has 0 spiro atoms. The topological polar surface area (TPSA) is 59.4 Å². The molecule has 0 aromatic carbocycles. The van der Waals surface area contributed by atoms with E-state index in [0.717, 1.165) is 30.1 Å². The first-order valence-electron chi connectivity index (χ1n) is 5.62. The largest absolute Gasteiger partial charge is 0.298 e. The van der Waals surface area contributed by atoms with Gasteiger partial charge in [-0.15, -0.1) is 0 Å². The van der Waals surface area contributed by atoms with Gasteiger partial charge in [0.05, 0.1) is 24.1 Å². The van der Waals surface area contributed by atoms with Crippen molar-refractivity contribution in [3.05, 3.63) is 34.4 Å². The van der Waals surface area contributed by atoms with Crippen LogP contribution in [0.2, 0.25) is 0 Å². The zero-order chi connectivity index (χ0) is 12.3. The summed E-state index contributed by atoms with van der Waals surface area (Å²) in [6.45, 7) is 4.66. The number of H-pyrrole nitrogens is 1. The molecule has 0 aliphatic heterocycles. The third kappa shape index (κ3) is 2.76. The van der Waals surface area contributed by atoms with Crippen molar-refractivity contribution in [2.75, 3.05) is 0 Å². The maximum atomic E-state index is 5.21. The lowest BCUT2D eigenvalue weighted by Crippen LogP contribution is -2.07. The number of nitrogens with zero attached hydrogens (tertiary/aromatic N) is 4. The highest BCUT2D eigenvalue weighted by Gasteiger charge is 2.06. The SMILES string of the molecule is CCCc1n[nH]c(=S)n1Cc1cnc(C)cn1. The maximum Gasteiger partial charge on any atom is 0.195 e. The number of aromatic nitrogens is 5. The van der Waals surface area contributed by atoms with Crippen LogP contribution >= 0.6 is 12.2 Å².